The summed E-state index contributed by atoms with van der Waals surface area (Å²) in [5.41, 5.74) is 1.73. The largest absolute Gasteiger partial charge is 0.370 e. The first-order valence-electron chi connectivity index (χ1n) is 5.92. The molecule has 2 aromatic heterocycles. The molecule has 3 rings (SSSR count). The number of hydrogen-bond donors (Lipinski definition) is 1. The summed E-state index contributed by atoms with van der Waals surface area (Å²) in [6.07, 6.45) is 2.41. The van der Waals surface area contributed by atoms with Crippen LogP contribution in [0.15, 0.2) is 20.9 Å². The maximum atomic E-state index is 4.60. The summed E-state index contributed by atoms with van der Waals surface area (Å²) in [6.45, 7) is 2.93. The highest BCUT2D eigenvalue weighted by Crippen LogP contribution is 2.39. The Kier molecular flexibility index (Phi) is 3.42. The number of rotatable bonds is 5. The smallest absolute Gasteiger partial charge is 0.180 e. The Bertz CT molecular complexity index is 524. The van der Waals surface area contributed by atoms with Gasteiger partial charge in [-0.3, -0.25) is 0 Å². The van der Waals surface area contributed by atoms with Crippen molar-refractivity contribution in [1.29, 1.82) is 0 Å². The molecule has 0 bridgehead atoms. The molecule has 0 unspecified atom stereocenters. The molecule has 1 aliphatic carbocycles. The molecule has 2 heterocycles. The molecule has 0 aliphatic heterocycles. The third kappa shape index (κ3) is 2.78. The third-order valence-corrected chi connectivity index (χ3v) is 4.25. The van der Waals surface area contributed by atoms with Gasteiger partial charge in [0.15, 0.2) is 4.34 Å². The zero-order valence-corrected chi connectivity index (χ0v) is 11.6. The molecule has 5 nitrogen and oxygen atoms in total. The second-order valence-corrected chi connectivity index (χ2v) is 6.16. The van der Waals surface area contributed by atoms with Crippen molar-refractivity contribution in [2.75, 3.05) is 11.9 Å². The van der Waals surface area contributed by atoms with Crippen LogP contribution in [-0.2, 0) is 0 Å². The Morgan fingerprint density at radius 3 is 3.00 bits per heavy atom. The fourth-order valence-corrected chi connectivity index (χ4v) is 3.02. The molecule has 0 spiro atoms. The first kappa shape index (κ1) is 11.9. The summed E-state index contributed by atoms with van der Waals surface area (Å²) >= 11 is 3.07. The number of nitrogens with one attached hydrogen (secondary N) is 1. The van der Waals surface area contributed by atoms with Crippen LogP contribution >= 0.6 is 23.1 Å². The SMILES string of the molecule is CCNc1cc(Sc2nncs2)nc(C2CC2)n1. The molecule has 0 atom stereocenters. The summed E-state index contributed by atoms with van der Waals surface area (Å²) in [5, 5.41) is 12.1. The highest BCUT2D eigenvalue weighted by atomic mass is 32.2. The highest BCUT2D eigenvalue weighted by Gasteiger charge is 2.27. The van der Waals surface area contributed by atoms with Gasteiger partial charge in [-0.05, 0) is 31.5 Å². The van der Waals surface area contributed by atoms with Crippen molar-refractivity contribution in [2.24, 2.45) is 0 Å². The third-order valence-electron chi connectivity index (χ3n) is 2.55. The van der Waals surface area contributed by atoms with Crippen molar-refractivity contribution < 1.29 is 0 Å². The van der Waals surface area contributed by atoms with Crippen molar-refractivity contribution in [3.8, 4) is 0 Å². The molecular formula is C11H13N5S2. The van der Waals surface area contributed by atoms with Crippen LogP contribution in [0.3, 0.4) is 0 Å². The van der Waals surface area contributed by atoms with Gasteiger partial charge in [0, 0.05) is 18.5 Å². The zero-order valence-electron chi connectivity index (χ0n) is 9.96. The standard InChI is InChI=1S/C11H13N5S2/c1-2-12-8-5-9(18-11-16-13-6-17-11)15-10(14-8)7-3-4-7/h5-7H,2-4H2,1H3,(H,12,14,15). The predicted octanol–water partition coefficient (Wildman–Crippen LogP) is 2.79. The summed E-state index contributed by atoms with van der Waals surface area (Å²) in [7, 11) is 0. The van der Waals surface area contributed by atoms with Crippen LogP contribution < -0.4 is 5.32 Å². The topological polar surface area (TPSA) is 63.6 Å². The molecule has 94 valence electrons. The van der Waals surface area contributed by atoms with Crippen LogP contribution in [0, 0.1) is 0 Å². The number of aromatic nitrogens is 4. The molecule has 18 heavy (non-hydrogen) atoms. The molecule has 0 aromatic carbocycles. The average molecular weight is 279 g/mol. The fraction of sp³-hybridized carbons (Fsp3) is 0.455. The summed E-state index contributed by atoms with van der Waals surface area (Å²) in [5.74, 6) is 2.42. The van der Waals surface area contributed by atoms with Gasteiger partial charge in [-0.2, -0.15) is 0 Å². The van der Waals surface area contributed by atoms with Crippen LogP contribution in [0.25, 0.3) is 0 Å². The van der Waals surface area contributed by atoms with Gasteiger partial charge in [-0.25, -0.2) is 9.97 Å². The lowest BCUT2D eigenvalue weighted by Gasteiger charge is -2.07. The van der Waals surface area contributed by atoms with Gasteiger partial charge < -0.3 is 5.32 Å². The van der Waals surface area contributed by atoms with Gasteiger partial charge in [0.1, 0.15) is 22.2 Å². The van der Waals surface area contributed by atoms with Crippen molar-refractivity contribution in [1.82, 2.24) is 20.2 Å². The van der Waals surface area contributed by atoms with Crippen LogP contribution in [0.5, 0.6) is 0 Å². The molecule has 2 aromatic rings. The van der Waals surface area contributed by atoms with Crippen LogP contribution in [0.1, 0.15) is 31.5 Å². The summed E-state index contributed by atoms with van der Waals surface area (Å²) in [4.78, 5) is 9.15. The molecule has 0 amide bonds. The minimum atomic E-state index is 0.553. The second-order valence-electron chi connectivity index (χ2n) is 4.06. The van der Waals surface area contributed by atoms with E-state index in [1.54, 1.807) is 17.3 Å². The Morgan fingerprint density at radius 1 is 1.44 bits per heavy atom. The zero-order chi connectivity index (χ0) is 12.4. The van der Waals surface area contributed by atoms with Gasteiger partial charge in [0.05, 0.1) is 0 Å². The summed E-state index contributed by atoms with van der Waals surface area (Å²) in [6, 6.07) is 1.97. The van der Waals surface area contributed by atoms with E-state index in [0.717, 1.165) is 27.6 Å². The molecule has 1 aliphatic rings. The Hall–Kier alpha value is -1.21. The van der Waals surface area contributed by atoms with Gasteiger partial charge in [0.2, 0.25) is 0 Å². The lowest BCUT2D eigenvalue weighted by Crippen LogP contribution is -2.03. The van der Waals surface area contributed by atoms with E-state index in [9.17, 15) is 0 Å². The predicted molar refractivity (Wildman–Crippen MR) is 72.2 cm³/mol. The molecule has 0 radical (unpaired) electrons. The van der Waals surface area contributed by atoms with Crippen molar-refractivity contribution >= 4 is 28.9 Å². The van der Waals surface area contributed by atoms with Crippen molar-refractivity contribution in [3.05, 3.63) is 17.4 Å². The molecule has 7 heteroatoms. The van der Waals surface area contributed by atoms with Gasteiger partial charge in [-0.1, -0.05) is 11.3 Å². The number of nitrogens with zero attached hydrogens (tertiary/aromatic N) is 4. The van der Waals surface area contributed by atoms with E-state index < -0.39 is 0 Å². The lowest BCUT2D eigenvalue weighted by atomic mass is 10.4. The molecule has 1 N–H and O–H groups in total. The first-order chi connectivity index (χ1) is 8.85. The quantitative estimate of drug-likeness (QED) is 0.849. The molecule has 1 saturated carbocycles. The van der Waals surface area contributed by atoms with Crippen LogP contribution in [-0.4, -0.2) is 26.7 Å². The van der Waals surface area contributed by atoms with E-state index in [2.05, 4.69) is 32.4 Å². The van der Waals surface area contributed by atoms with E-state index in [1.807, 2.05) is 6.07 Å². The lowest BCUT2D eigenvalue weighted by molar-refractivity contribution is 0.875. The van der Waals surface area contributed by atoms with Crippen molar-refractivity contribution in [3.63, 3.8) is 0 Å². The van der Waals surface area contributed by atoms with Crippen LogP contribution in [0.2, 0.25) is 0 Å². The maximum absolute atomic E-state index is 4.60. The van der Waals surface area contributed by atoms with E-state index in [0.29, 0.717) is 5.92 Å². The molecule has 1 fully saturated rings. The van der Waals surface area contributed by atoms with E-state index in [-0.39, 0.29) is 0 Å². The average Bonchev–Trinajstić information content (AvgIpc) is 3.09. The normalized spacial score (nSPS) is 14.7. The summed E-state index contributed by atoms with van der Waals surface area (Å²) < 4.78 is 0.915. The molecular weight excluding hydrogens is 266 g/mol. The van der Waals surface area contributed by atoms with E-state index >= 15 is 0 Å². The Labute approximate surface area is 113 Å². The maximum Gasteiger partial charge on any atom is 0.180 e. The number of anilines is 1. The Morgan fingerprint density at radius 2 is 2.33 bits per heavy atom. The molecule has 0 saturated heterocycles. The number of hydrogen-bond acceptors (Lipinski definition) is 7. The highest BCUT2D eigenvalue weighted by molar-refractivity contribution is 8.00. The van der Waals surface area contributed by atoms with Crippen LogP contribution in [0.4, 0.5) is 5.82 Å². The van der Waals surface area contributed by atoms with Crippen molar-refractivity contribution in [2.45, 2.75) is 35.0 Å². The second kappa shape index (κ2) is 5.19. The van der Waals surface area contributed by atoms with Gasteiger partial charge in [0.25, 0.3) is 0 Å². The minimum Gasteiger partial charge on any atom is -0.370 e. The van der Waals surface area contributed by atoms with E-state index in [4.69, 9.17) is 0 Å². The van der Waals surface area contributed by atoms with Gasteiger partial charge in [-0.15, -0.1) is 10.2 Å². The fourth-order valence-electron chi connectivity index (χ4n) is 1.59. The first-order valence-corrected chi connectivity index (χ1v) is 7.61. The monoisotopic (exact) mass is 279 g/mol. The van der Waals surface area contributed by atoms with Gasteiger partial charge >= 0.3 is 0 Å². The van der Waals surface area contributed by atoms with E-state index in [1.165, 1.54) is 24.2 Å². The minimum absolute atomic E-state index is 0.553. The Balaban J connectivity index is 1.87.